The van der Waals surface area contributed by atoms with E-state index in [0.29, 0.717) is 25.9 Å². The summed E-state index contributed by atoms with van der Waals surface area (Å²) < 4.78 is 16.6. The molecule has 6 N–H and O–H groups in total. The Morgan fingerprint density at radius 1 is 0.537 bits per heavy atom. The van der Waals surface area contributed by atoms with E-state index in [9.17, 15) is 35.1 Å². The summed E-state index contributed by atoms with van der Waals surface area (Å²) in [7, 11) is 0. The first-order valence-electron chi connectivity index (χ1n) is 27.1. The molecule has 1 heterocycles. The number of hydrogen-bond donors (Lipinski definition) is 6. The number of unbranched alkanes of at least 4 members (excludes halogenated alkanes) is 23. The molecule has 7 atom stereocenters. The number of allylic oxidation sites excluding steroid dienone is 9. The highest BCUT2D eigenvalue weighted by Gasteiger charge is 2.44. The molecule has 1 aliphatic heterocycles. The molecule has 0 aromatic rings. The molecule has 0 aliphatic carbocycles. The largest absolute Gasteiger partial charge is 0.466 e. The van der Waals surface area contributed by atoms with Gasteiger partial charge in [0, 0.05) is 12.8 Å². The highest BCUT2D eigenvalue weighted by Crippen LogP contribution is 2.22. The van der Waals surface area contributed by atoms with Crippen molar-refractivity contribution in [3.8, 4) is 0 Å². The molecule has 11 nitrogen and oxygen atoms in total. The molecule has 0 aromatic heterocycles. The summed E-state index contributed by atoms with van der Waals surface area (Å²) in [5.41, 5.74) is 0. The van der Waals surface area contributed by atoms with Gasteiger partial charge in [0.15, 0.2) is 6.29 Å². The molecule has 0 radical (unpaired) electrons. The molecular weight excluding hydrogens is 847 g/mol. The minimum Gasteiger partial charge on any atom is -0.466 e. The highest BCUT2D eigenvalue weighted by molar-refractivity contribution is 5.76. The Morgan fingerprint density at radius 2 is 0.970 bits per heavy atom. The minimum atomic E-state index is -1.59. The molecule has 11 heteroatoms. The van der Waals surface area contributed by atoms with Gasteiger partial charge in [-0.15, -0.1) is 0 Å². The SMILES string of the molecule is CCCC/C=C\CCCCCCCC(=O)OCCCCCCCCC/C=C\CCCCCCCC(=O)NC(COC1OC(CO)C(O)C(O)C1O)C(O)/C=C/CC/C=C/CC/C=C/CCCC. The Hall–Kier alpha value is -2.64. The monoisotopic (exact) mass is 946 g/mol. The molecule has 0 spiro atoms. The molecule has 388 valence electrons. The second-order valence-electron chi connectivity index (χ2n) is 18.5. The average Bonchev–Trinajstić information content (AvgIpc) is 3.32. The molecular formula is C56H99NO10. The third-order valence-electron chi connectivity index (χ3n) is 12.3. The Kier molecular flexibility index (Phi) is 42.6. The van der Waals surface area contributed by atoms with Crippen molar-refractivity contribution in [1.82, 2.24) is 5.32 Å². The number of hydrogen-bond acceptors (Lipinski definition) is 10. The van der Waals surface area contributed by atoms with Gasteiger partial charge in [-0.25, -0.2) is 0 Å². The van der Waals surface area contributed by atoms with Crippen molar-refractivity contribution in [3.63, 3.8) is 0 Å². The summed E-state index contributed by atoms with van der Waals surface area (Å²) >= 11 is 0. The molecule has 1 fully saturated rings. The number of esters is 1. The summed E-state index contributed by atoms with van der Waals surface area (Å²) in [5.74, 6) is -0.251. The van der Waals surface area contributed by atoms with Crippen LogP contribution in [-0.4, -0.2) is 100 Å². The Labute approximate surface area is 408 Å². The highest BCUT2D eigenvalue weighted by atomic mass is 16.7. The normalized spacial score (nSPS) is 20.0. The van der Waals surface area contributed by atoms with Crippen LogP contribution in [0.5, 0.6) is 0 Å². The van der Waals surface area contributed by atoms with Gasteiger partial charge in [0.05, 0.1) is 32.0 Å². The maximum atomic E-state index is 13.0. The fraction of sp³-hybridized carbons (Fsp3) is 0.786. The number of aliphatic hydroxyl groups is 5. The van der Waals surface area contributed by atoms with Crippen LogP contribution in [0, 0.1) is 0 Å². The summed E-state index contributed by atoms with van der Waals surface area (Å²) in [6.07, 6.45) is 47.3. The quantitative estimate of drug-likeness (QED) is 0.0196. The van der Waals surface area contributed by atoms with Crippen LogP contribution < -0.4 is 5.32 Å². The van der Waals surface area contributed by atoms with Crippen LogP contribution in [0.25, 0.3) is 0 Å². The lowest BCUT2D eigenvalue weighted by molar-refractivity contribution is -0.302. The number of nitrogens with one attached hydrogen (secondary N) is 1. The van der Waals surface area contributed by atoms with Crippen LogP contribution in [0.3, 0.4) is 0 Å². The standard InChI is InChI=1S/C56H99NO10/c1-3-5-7-9-11-13-15-23-26-30-34-38-42-49(59)48(47-66-56-55(64)54(63)53(62)50(46-58)67-56)57-51(60)43-39-35-31-27-24-20-18-16-17-19-21-25-29-33-37-41-45-65-52(61)44-40-36-32-28-22-14-12-10-8-6-4-2/h9-12,16,18,23,26,38,42,48-50,53-56,58-59,62-64H,3-8,13-15,17,19-22,24-25,27-37,39-41,43-47H2,1-2H3,(H,57,60)/b11-9+,12-10-,18-16-,26-23+,42-38+. The smallest absolute Gasteiger partial charge is 0.305 e. The first-order chi connectivity index (χ1) is 32.7. The fourth-order valence-electron chi connectivity index (χ4n) is 7.90. The Balaban J connectivity index is 2.18. The predicted octanol–water partition coefficient (Wildman–Crippen LogP) is 11.5. The van der Waals surface area contributed by atoms with Gasteiger partial charge in [-0.3, -0.25) is 9.59 Å². The van der Waals surface area contributed by atoms with Crippen molar-refractivity contribution in [2.75, 3.05) is 19.8 Å². The van der Waals surface area contributed by atoms with Gasteiger partial charge < -0.3 is 45.1 Å². The number of amides is 1. The number of rotatable bonds is 45. The van der Waals surface area contributed by atoms with Crippen LogP contribution in [-0.2, 0) is 23.8 Å². The van der Waals surface area contributed by atoms with E-state index in [-0.39, 0.29) is 18.5 Å². The molecule has 7 unspecified atom stereocenters. The molecule has 0 bridgehead atoms. The van der Waals surface area contributed by atoms with E-state index < -0.39 is 49.5 Å². The topological polar surface area (TPSA) is 175 Å². The van der Waals surface area contributed by atoms with Crippen molar-refractivity contribution < 1.29 is 49.3 Å². The molecule has 0 saturated carbocycles. The van der Waals surface area contributed by atoms with Crippen molar-refractivity contribution >= 4 is 11.9 Å². The summed E-state index contributed by atoms with van der Waals surface area (Å²) in [6.45, 7) is 4.18. The summed E-state index contributed by atoms with van der Waals surface area (Å²) in [4.78, 5) is 25.0. The molecule has 1 rings (SSSR count). The van der Waals surface area contributed by atoms with Gasteiger partial charge in [0.2, 0.25) is 5.91 Å². The molecule has 1 amide bonds. The van der Waals surface area contributed by atoms with E-state index in [1.54, 1.807) is 6.08 Å². The van der Waals surface area contributed by atoms with Crippen LogP contribution in [0.2, 0.25) is 0 Å². The lowest BCUT2D eigenvalue weighted by atomic mass is 9.99. The van der Waals surface area contributed by atoms with E-state index in [0.717, 1.165) is 96.3 Å². The molecule has 0 aromatic carbocycles. The zero-order valence-corrected chi connectivity index (χ0v) is 42.3. The second kappa shape index (κ2) is 45.8. The fourth-order valence-corrected chi connectivity index (χ4v) is 7.90. The zero-order valence-electron chi connectivity index (χ0n) is 42.3. The molecule has 1 aliphatic rings. The van der Waals surface area contributed by atoms with Gasteiger partial charge in [-0.1, -0.05) is 171 Å². The van der Waals surface area contributed by atoms with E-state index in [1.807, 2.05) is 6.08 Å². The first-order valence-corrected chi connectivity index (χ1v) is 27.1. The maximum Gasteiger partial charge on any atom is 0.305 e. The van der Waals surface area contributed by atoms with Crippen molar-refractivity contribution in [2.45, 2.75) is 262 Å². The molecule has 67 heavy (non-hydrogen) atoms. The van der Waals surface area contributed by atoms with Gasteiger partial charge in [0.1, 0.15) is 24.4 Å². The van der Waals surface area contributed by atoms with Gasteiger partial charge in [-0.05, 0) is 96.3 Å². The van der Waals surface area contributed by atoms with Crippen LogP contribution >= 0.6 is 0 Å². The van der Waals surface area contributed by atoms with E-state index in [1.165, 1.54) is 89.9 Å². The number of aliphatic hydroxyl groups excluding tert-OH is 5. The predicted molar refractivity (Wildman–Crippen MR) is 273 cm³/mol. The van der Waals surface area contributed by atoms with Gasteiger partial charge in [-0.2, -0.15) is 0 Å². The summed E-state index contributed by atoms with van der Waals surface area (Å²) in [6, 6.07) is -0.847. The second-order valence-corrected chi connectivity index (χ2v) is 18.5. The maximum absolute atomic E-state index is 13.0. The number of carbonyl (C=O) groups excluding carboxylic acids is 2. The number of carbonyl (C=O) groups is 2. The van der Waals surface area contributed by atoms with Crippen molar-refractivity contribution in [2.24, 2.45) is 0 Å². The first kappa shape index (κ1) is 62.4. The average molecular weight is 946 g/mol. The Morgan fingerprint density at radius 3 is 1.48 bits per heavy atom. The van der Waals surface area contributed by atoms with Crippen molar-refractivity contribution in [3.05, 3.63) is 60.8 Å². The lowest BCUT2D eigenvalue weighted by Crippen LogP contribution is -2.60. The minimum absolute atomic E-state index is 0.0345. The van der Waals surface area contributed by atoms with E-state index in [2.05, 4.69) is 67.8 Å². The van der Waals surface area contributed by atoms with E-state index in [4.69, 9.17) is 14.2 Å². The number of ether oxygens (including phenoxy) is 3. The summed E-state index contributed by atoms with van der Waals surface area (Å²) in [5, 5.41) is 54.2. The van der Waals surface area contributed by atoms with Crippen LogP contribution in [0.1, 0.15) is 219 Å². The third-order valence-corrected chi connectivity index (χ3v) is 12.3. The van der Waals surface area contributed by atoms with Crippen LogP contribution in [0.4, 0.5) is 0 Å². The van der Waals surface area contributed by atoms with E-state index >= 15 is 0 Å². The van der Waals surface area contributed by atoms with Crippen LogP contribution in [0.15, 0.2) is 60.8 Å². The van der Waals surface area contributed by atoms with Crippen molar-refractivity contribution in [1.29, 1.82) is 0 Å². The van der Waals surface area contributed by atoms with Gasteiger partial charge >= 0.3 is 5.97 Å². The Bertz CT molecular complexity index is 1300. The zero-order chi connectivity index (χ0) is 48.8. The third kappa shape index (κ3) is 36.0. The van der Waals surface area contributed by atoms with Gasteiger partial charge in [0.25, 0.3) is 0 Å². The lowest BCUT2D eigenvalue weighted by Gasteiger charge is -2.40. The molecule has 1 saturated heterocycles.